The van der Waals surface area contributed by atoms with Crippen molar-refractivity contribution >= 4 is 23.9 Å². The maximum absolute atomic E-state index is 11.0. The lowest BCUT2D eigenvalue weighted by Crippen LogP contribution is -2.42. The summed E-state index contributed by atoms with van der Waals surface area (Å²) < 4.78 is 4.75. The molecular formula is C14H17NO9. The standard InChI is InChI=1S/C8H9NO2.C6H8O7/c1-2-11-8(10)7-4-3-5-9-6-7;7-3(8)1-6(13,5(11)12)2-4(9)10/h3-6H,2H2,1H3;13H,1-2H2,(H,7,8)(H,9,10)(H,11,12). The molecule has 0 aliphatic rings. The van der Waals surface area contributed by atoms with Gasteiger partial charge in [-0.15, -0.1) is 0 Å². The molecule has 0 saturated carbocycles. The summed E-state index contributed by atoms with van der Waals surface area (Å²) in [7, 11) is 0. The number of carbonyl (C=O) groups excluding carboxylic acids is 1. The number of aliphatic carboxylic acids is 3. The van der Waals surface area contributed by atoms with E-state index in [0.29, 0.717) is 12.2 Å². The average Bonchev–Trinajstić information content (AvgIpc) is 2.47. The van der Waals surface area contributed by atoms with E-state index in [1.54, 1.807) is 25.3 Å². The fraction of sp³-hybridized carbons (Fsp3) is 0.357. The predicted octanol–water partition coefficient (Wildman–Crippen LogP) is 0.00980. The number of aliphatic hydroxyl groups is 1. The lowest BCUT2D eigenvalue weighted by Gasteiger charge is -2.18. The van der Waals surface area contributed by atoms with E-state index in [0.717, 1.165) is 0 Å². The quantitative estimate of drug-likeness (QED) is 0.494. The Bertz CT molecular complexity index is 569. The molecule has 1 heterocycles. The molecule has 0 spiro atoms. The Morgan fingerprint density at radius 2 is 1.67 bits per heavy atom. The van der Waals surface area contributed by atoms with Crippen molar-refractivity contribution < 1.29 is 44.3 Å². The highest BCUT2D eigenvalue weighted by atomic mass is 16.5. The number of rotatable bonds is 7. The van der Waals surface area contributed by atoms with Crippen molar-refractivity contribution in [3.8, 4) is 0 Å². The van der Waals surface area contributed by atoms with E-state index in [2.05, 4.69) is 4.98 Å². The van der Waals surface area contributed by atoms with Gasteiger partial charge in [0.2, 0.25) is 0 Å². The first kappa shape index (κ1) is 21.0. The normalized spacial score (nSPS) is 10.1. The summed E-state index contributed by atoms with van der Waals surface area (Å²) in [4.78, 5) is 45.3. The summed E-state index contributed by atoms with van der Waals surface area (Å²) in [6, 6.07) is 3.37. The van der Waals surface area contributed by atoms with Gasteiger partial charge in [-0.3, -0.25) is 14.6 Å². The molecule has 0 radical (unpaired) electrons. The second kappa shape index (κ2) is 9.90. The van der Waals surface area contributed by atoms with Crippen molar-refractivity contribution in [1.82, 2.24) is 4.98 Å². The first-order valence-corrected chi connectivity index (χ1v) is 6.59. The Morgan fingerprint density at radius 3 is 2.00 bits per heavy atom. The topological polar surface area (TPSA) is 171 Å². The van der Waals surface area contributed by atoms with Crippen LogP contribution in [0.15, 0.2) is 24.5 Å². The van der Waals surface area contributed by atoms with Crippen molar-refractivity contribution in [2.75, 3.05) is 6.61 Å². The molecule has 0 atom stereocenters. The van der Waals surface area contributed by atoms with Crippen LogP contribution in [0.25, 0.3) is 0 Å². The van der Waals surface area contributed by atoms with Crippen molar-refractivity contribution in [3.05, 3.63) is 30.1 Å². The van der Waals surface area contributed by atoms with E-state index in [9.17, 15) is 19.2 Å². The van der Waals surface area contributed by atoms with Crippen LogP contribution in [0, 0.1) is 0 Å². The third-order valence-electron chi connectivity index (χ3n) is 2.46. The molecule has 24 heavy (non-hydrogen) atoms. The van der Waals surface area contributed by atoms with Gasteiger partial charge < -0.3 is 25.2 Å². The minimum absolute atomic E-state index is 0.319. The average molecular weight is 343 g/mol. The van der Waals surface area contributed by atoms with Gasteiger partial charge in [-0.1, -0.05) is 0 Å². The van der Waals surface area contributed by atoms with E-state index in [1.165, 1.54) is 6.20 Å². The smallest absolute Gasteiger partial charge is 0.339 e. The maximum atomic E-state index is 11.0. The third kappa shape index (κ3) is 7.84. The summed E-state index contributed by atoms with van der Waals surface area (Å²) in [5.41, 5.74) is -2.24. The largest absolute Gasteiger partial charge is 0.481 e. The minimum Gasteiger partial charge on any atom is -0.481 e. The van der Waals surface area contributed by atoms with Crippen molar-refractivity contribution in [1.29, 1.82) is 0 Å². The van der Waals surface area contributed by atoms with E-state index in [4.69, 9.17) is 25.2 Å². The number of carboxylic acids is 3. The van der Waals surface area contributed by atoms with Crippen LogP contribution >= 0.6 is 0 Å². The van der Waals surface area contributed by atoms with Crippen LogP contribution in [-0.2, 0) is 19.1 Å². The minimum atomic E-state index is -2.74. The van der Waals surface area contributed by atoms with E-state index in [1.807, 2.05) is 0 Å². The first-order valence-electron chi connectivity index (χ1n) is 6.59. The zero-order valence-electron chi connectivity index (χ0n) is 12.7. The van der Waals surface area contributed by atoms with Gasteiger partial charge in [0.25, 0.3) is 0 Å². The highest BCUT2D eigenvalue weighted by molar-refractivity contribution is 5.89. The van der Waals surface area contributed by atoms with Crippen molar-refractivity contribution in [2.24, 2.45) is 0 Å². The van der Waals surface area contributed by atoms with E-state index in [-0.39, 0.29) is 5.97 Å². The van der Waals surface area contributed by atoms with E-state index >= 15 is 0 Å². The number of carboxylic acid groups (broad SMARTS) is 3. The molecule has 10 nitrogen and oxygen atoms in total. The first-order chi connectivity index (χ1) is 11.1. The van der Waals surface area contributed by atoms with Gasteiger partial charge in [0.1, 0.15) is 0 Å². The predicted molar refractivity (Wildman–Crippen MR) is 77.3 cm³/mol. The highest BCUT2D eigenvalue weighted by Crippen LogP contribution is 2.15. The lowest BCUT2D eigenvalue weighted by atomic mass is 9.96. The SMILES string of the molecule is CCOC(=O)c1cccnc1.O=C(O)CC(O)(CC(=O)O)C(=O)O. The summed E-state index contributed by atoms with van der Waals surface area (Å²) in [6.07, 6.45) is 0.810. The Balaban J connectivity index is 0.000000446. The fourth-order valence-electron chi connectivity index (χ4n) is 1.41. The summed E-state index contributed by atoms with van der Waals surface area (Å²) in [5, 5.41) is 33.8. The molecule has 0 aromatic carbocycles. The Hall–Kier alpha value is -3.01. The van der Waals surface area contributed by atoms with Crippen LogP contribution in [-0.4, -0.2) is 61.5 Å². The number of ether oxygens (including phenoxy) is 1. The van der Waals surface area contributed by atoms with Gasteiger partial charge in [-0.2, -0.15) is 0 Å². The molecule has 0 saturated heterocycles. The Kier molecular flexibility index (Phi) is 8.65. The molecule has 0 bridgehead atoms. The molecular weight excluding hydrogens is 326 g/mol. The van der Waals surface area contributed by atoms with E-state index < -0.39 is 36.4 Å². The molecule has 0 aliphatic carbocycles. The molecule has 0 unspecified atom stereocenters. The molecule has 132 valence electrons. The number of carbonyl (C=O) groups is 4. The number of hydrogen-bond acceptors (Lipinski definition) is 7. The maximum Gasteiger partial charge on any atom is 0.339 e. The van der Waals surface area contributed by atoms with Gasteiger partial charge in [-0.05, 0) is 19.1 Å². The summed E-state index contributed by atoms with van der Waals surface area (Å²) >= 11 is 0. The summed E-state index contributed by atoms with van der Waals surface area (Å²) in [5.74, 6) is -5.34. The van der Waals surface area contributed by atoms with Crippen LogP contribution in [0.3, 0.4) is 0 Å². The number of nitrogens with zero attached hydrogens (tertiary/aromatic N) is 1. The number of esters is 1. The lowest BCUT2D eigenvalue weighted by molar-refractivity contribution is -0.170. The Morgan fingerprint density at radius 1 is 1.12 bits per heavy atom. The van der Waals surface area contributed by atoms with Crippen molar-refractivity contribution in [3.63, 3.8) is 0 Å². The molecule has 1 aromatic heterocycles. The number of hydrogen-bond donors (Lipinski definition) is 4. The number of pyridine rings is 1. The molecule has 0 aliphatic heterocycles. The number of aromatic nitrogens is 1. The molecule has 4 N–H and O–H groups in total. The highest BCUT2D eigenvalue weighted by Gasteiger charge is 2.40. The molecule has 0 fully saturated rings. The zero-order chi connectivity index (χ0) is 18.8. The van der Waals surface area contributed by atoms with Crippen LogP contribution in [0.2, 0.25) is 0 Å². The zero-order valence-corrected chi connectivity index (χ0v) is 12.7. The monoisotopic (exact) mass is 343 g/mol. The second-order valence-corrected chi connectivity index (χ2v) is 4.44. The second-order valence-electron chi connectivity index (χ2n) is 4.44. The molecule has 1 rings (SSSR count). The van der Waals surface area contributed by atoms with Crippen LogP contribution in [0.1, 0.15) is 30.1 Å². The Labute approximate surface area is 136 Å². The van der Waals surface area contributed by atoms with Gasteiger partial charge in [0.05, 0.1) is 25.0 Å². The third-order valence-corrected chi connectivity index (χ3v) is 2.46. The van der Waals surface area contributed by atoms with Crippen LogP contribution in [0.5, 0.6) is 0 Å². The van der Waals surface area contributed by atoms with Gasteiger partial charge in [-0.25, -0.2) is 9.59 Å². The molecule has 0 amide bonds. The molecule has 10 heteroatoms. The van der Waals surface area contributed by atoms with Gasteiger partial charge in [0, 0.05) is 12.4 Å². The van der Waals surface area contributed by atoms with Gasteiger partial charge >= 0.3 is 23.9 Å². The molecule has 1 aromatic rings. The van der Waals surface area contributed by atoms with Crippen LogP contribution < -0.4 is 0 Å². The van der Waals surface area contributed by atoms with Crippen molar-refractivity contribution in [2.45, 2.75) is 25.4 Å². The van der Waals surface area contributed by atoms with Crippen LogP contribution in [0.4, 0.5) is 0 Å². The summed E-state index contributed by atoms with van der Waals surface area (Å²) in [6.45, 7) is 2.17. The van der Waals surface area contributed by atoms with Gasteiger partial charge in [0.15, 0.2) is 5.60 Å². The fourth-order valence-corrected chi connectivity index (χ4v) is 1.41.